The van der Waals surface area contributed by atoms with E-state index in [4.69, 9.17) is 9.72 Å². The van der Waals surface area contributed by atoms with Crippen molar-refractivity contribution in [3.8, 4) is 17.3 Å². The molecule has 2 unspecified atom stereocenters. The molecule has 0 spiro atoms. The molecule has 2 aliphatic heterocycles. The standard InChI is InChI=1S/C23H28N8O2/c1-5-31-15(3)18(11-27-31)20-28-19-21(29(20)4)25-13-26-22(19)33-17-8-9-30(12-17)23(32)16-7-6-14(2)24-10-16/h7,10-11,13-14,17H,5-6,8-9,12H2,1-4H3. The van der Waals surface area contributed by atoms with Gasteiger partial charge in [-0.3, -0.25) is 14.5 Å². The van der Waals surface area contributed by atoms with Gasteiger partial charge >= 0.3 is 0 Å². The fraction of sp³-hybridized carbons (Fsp3) is 0.478. The van der Waals surface area contributed by atoms with Gasteiger partial charge in [0.05, 0.1) is 29.9 Å². The first kappa shape index (κ1) is 21.3. The van der Waals surface area contributed by atoms with Crippen molar-refractivity contribution in [3.05, 3.63) is 29.9 Å². The summed E-state index contributed by atoms with van der Waals surface area (Å²) in [5.41, 5.74) is 3.97. The normalized spacial score (nSPS) is 20.5. The summed E-state index contributed by atoms with van der Waals surface area (Å²) in [6, 6.07) is 0.236. The van der Waals surface area contributed by atoms with Gasteiger partial charge in [-0.15, -0.1) is 0 Å². The van der Waals surface area contributed by atoms with Gasteiger partial charge in [0.15, 0.2) is 11.2 Å². The molecule has 10 heteroatoms. The molecule has 0 aliphatic carbocycles. The molecule has 10 nitrogen and oxygen atoms in total. The zero-order valence-electron chi connectivity index (χ0n) is 19.4. The number of ether oxygens (including phenoxy) is 1. The van der Waals surface area contributed by atoms with E-state index in [1.807, 2.05) is 47.3 Å². The van der Waals surface area contributed by atoms with Crippen LogP contribution in [-0.2, 0) is 18.4 Å². The minimum Gasteiger partial charge on any atom is -0.471 e. The van der Waals surface area contributed by atoms with Gasteiger partial charge in [0.1, 0.15) is 18.3 Å². The average molecular weight is 449 g/mol. The third-order valence-electron chi connectivity index (χ3n) is 6.37. The number of aromatic nitrogens is 6. The van der Waals surface area contributed by atoms with Crippen LogP contribution in [-0.4, -0.2) is 71.6 Å². The van der Waals surface area contributed by atoms with E-state index in [0.29, 0.717) is 35.7 Å². The number of hydrogen-bond acceptors (Lipinski definition) is 7. The largest absolute Gasteiger partial charge is 0.471 e. The summed E-state index contributed by atoms with van der Waals surface area (Å²) in [6.07, 6.45) is 8.37. The van der Waals surface area contributed by atoms with Gasteiger partial charge in [-0.2, -0.15) is 10.1 Å². The molecule has 0 bridgehead atoms. The van der Waals surface area contributed by atoms with Crippen LogP contribution in [0.2, 0.25) is 0 Å². The van der Waals surface area contributed by atoms with E-state index in [-0.39, 0.29) is 18.1 Å². The summed E-state index contributed by atoms with van der Waals surface area (Å²) >= 11 is 0. The van der Waals surface area contributed by atoms with Gasteiger partial charge in [0.2, 0.25) is 5.88 Å². The predicted octanol–water partition coefficient (Wildman–Crippen LogP) is 2.32. The topological polar surface area (TPSA) is 103 Å². The lowest BCUT2D eigenvalue weighted by molar-refractivity contribution is -0.125. The quantitative estimate of drug-likeness (QED) is 0.593. The third-order valence-corrected chi connectivity index (χ3v) is 6.37. The molecule has 1 amide bonds. The molecule has 2 atom stereocenters. The van der Waals surface area contributed by atoms with Gasteiger partial charge in [-0.05, 0) is 27.2 Å². The molecule has 1 fully saturated rings. The van der Waals surface area contributed by atoms with E-state index < -0.39 is 0 Å². The number of carbonyl (C=O) groups is 1. The summed E-state index contributed by atoms with van der Waals surface area (Å²) in [6.45, 7) is 8.07. The van der Waals surface area contributed by atoms with Crippen LogP contribution in [0.15, 0.2) is 29.2 Å². The Balaban J connectivity index is 1.36. The minimum atomic E-state index is -0.151. The monoisotopic (exact) mass is 448 g/mol. The molecule has 0 aromatic carbocycles. The summed E-state index contributed by atoms with van der Waals surface area (Å²) in [4.78, 5) is 32.6. The van der Waals surface area contributed by atoms with Crippen molar-refractivity contribution in [3.63, 3.8) is 0 Å². The van der Waals surface area contributed by atoms with Crippen LogP contribution in [0.25, 0.3) is 22.6 Å². The summed E-state index contributed by atoms with van der Waals surface area (Å²) in [5, 5.41) is 4.44. The number of fused-ring (bicyclic) bond motifs is 1. The highest BCUT2D eigenvalue weighted by molar-refractivity contribution is 6.12. The number of aryl methyl sites for hydroxylation is 2. The number of hydrogen-bond donors (Lipinski definition) is 0. The second-order valence-corrected chi connectivity index (χ2v) is 8.61. The first-order chi connectivity index (χ1) is 16.0. The highest BCUT2D eigenvalue weighted by atomic mass is 16.5. The number of carbonyl (C=O) groups excluding carboxylic acids is 1. The van der Waals surface area contributed by atoms with Gasteiger partial charge in [-0.25, -0.2) is 9.97 Å². The first-order valence-corrected chi connectivity index (χ1v) is 11.4. The molecule has 5 heterocycles. The molecular formula is C23H28N8O2. The first-order valence-electron chi connectivity index (χ1n) is 11.4. The maximum Gasteiger partial charge on any atom is 0.255 e. The van der Waals surface area contributed by atoms with Crippen molar-refractivity contribution in [2.45, 2.75) is 52.3 Å². The number of nitrogens with zero attached hydrogens (tertiary/aromatic N) is 8. The van der Waals surface area contributed by atoms with Crippen molar-refractivity contribution >= 4 is 23.3 Å². The molecule has 0 N–H and O–H groups in total. The van der Waals surface area contributed by atoms with E-state index >= 15 is 0 Å². The Labute approximate surface area is 192 Å². The Morgan fingerprint density at radius 1 is 1.30 bits per heavy atom. The van der Waals surface area contributed by atoms with Crippen LogP contribution < -0.4 is 4.74 Å². The van der Waals surface area contributed by atoms with Crippen molar-refractivity contribution in [2.24, 2.45) is 12.0 Å². The molecular weight excluding hydrogens is 420 g/mol. The summed E-state index contributed by atoms with van der Waals surface area (Å²) < 4.78 is 10.1. The molecule has 3 aromatic rings. The van der Waals surface area contributed by atoms with Gasteiger partial charge in [-0.1, -0.05) is 6.08 Å². The van der Waals surface area contributed by atoms with Crippen molar-refractivity contribution in [1.29, 1.82) is 0 Å². The van der Waals surface area contributed by atoms with Gasteiger partial charge in [0, 0.05) is 38.5 Å². The van der Waals surface area contributed by atoms with E-state index in [0.717, 1.165) is 36.5 Å². The van der Waals surface area contributed by atoms with E-state index in [1.54, 1.807) is 6.21 Å². The fourth-order valence-corrected chi connectivity index (χ4v) is 4.40. The molecule has 33 heavy (non-hydrogen) atoms. The second kappa shape index (κ2) is 8.42. The minimum absolute atomic E-state index is 0.00752. The van der Waals surface area contributed by atoms with Crippen LogP contribution in [0.5, 0.6) is 5.88 Å². The fourth-order valence-electron chi connectivity index (χ4n) is 4.40. The lowest BCUT2D eigenvalue weighted by atomic mass is 10.1. The van der Waals surface area contributed by atoms with Crippen LogP contribution >= 0.6 is 0 Å². The zero-order valence-corrected chi connectivity index (χ0v) is 19.4. The second-order valence-electron chi connectivity index (χ2n) is 8.61. The third kappa shape index (κ3) is 3.79. The maximum absolute atomic E-state index is 12.8. The molecule has 0 radical (unpaired) electrons. The highest BCUT2D eigenvalue weighted by Crippen LogP contribution is 2.30. The van der Waals surface area contributed by atoms with E-state index in [9.17, 15) is 4.79 Å². The van der Waals surface area contributed by atoms with Crippen LogP contribution in [0, 0.1) is 6.92 Å². The van der Waals surface area contributed by atoms with E-state index in [1.165, 1.54) is 6.33 Å². The average Bonchev–Trinajstić information content (AvgIpc) is 3.52. The zero-order chi connectivity index (χ0) is 23.1. The van der Waals surface area contributed by atoms with Gasteiger partial charge in [0.25, 0.3) is 5.91 Å². The van der Waals surface area contributed by atoms with Crippen LogP contribution in [0.1, 0.15) is 32.4 Å². The van der Waals surface area contributed by atoms with Crippen molar-refractivity contribution in [1.82, 2.24) is 34.2 Å². The van der Waals surface area contributed by atoms with E-state index in [2.05, 4.69) is 27.0 Å². The number of likely N-dealkylation sites (tertiary alicyclic amines) is 1. The summed E-state index contributed by atoms with van der Waals surface area (Å²) in [5.74, 6) is 1.22. The number of amides is 1. The number of rotatable bonds is 5. The molecule has 172 valence electrons. The lowest BCUT2D eigenvalue weighted by Gasteiger charge is -2.19. The van der Waals surface area contributed by atoms with Crippen molar-refractivity contribution in [2.75, 3.05) is 13.1 Å². The Bertz CT molecular complexity index is 1270. The predicted molar refractivity (Wildman–Crippen MR) is 124 cm³/mol. The van der Waals surface area contributed by atoms with Crippen LogP contribution in [0.4, 0.5) is 0 Å². The number of imidazole rings is 1. The lowest BCUT2D eigenvalue weighted by Crippen LogP contribution is -2.33. The Morgan fingerprint density at radius 3 is 2.88 bits per heavy atom. The van der Waals surface area contributed by atoms with Crippen LogP contribution in [0.3, 0.4) is 0 Å². The maximum atomic E-state index is 12.8. The Morgan fingerprint density at radius 2 is 2.15 bits per heavy atom. The molecule has 0 saturated carbocycles. The SMILES string of the molecule is CCn1ncc(-c2nc3c(OC4CCN(C(=O)C5=CCC(C)N=C5)C4)ncnc3n2C)c1C. The summed E-state index contributed by atoms with van der Waals surface area (Å²) in [7, 11) is 1.93. The highest BCUT2D eigenvalue weighted by Gasteiger charge is 2.30. The Kier molecular flexibility index (Phi) is 5.43. The molecule has 5 rings (SSSR count). The van der Waals surface area contributed by atoms with Crippen molar-refractivity contribution < 1.29 is 9.53 Å². The molecule has 1 saturated heterocycles. The number of dihydropyridines is 1. The Hall–Kier alpha value is -3.56. The molecule has 3 aromatic heterocycles. The molecule has 2 aliphatic rings. The smallest absolute Gasteiger partial charge is 0.255 e. The number of aliphatic imine (C=N–C) groups is 1. The van der Waals surface area contributed by atoms with Gasteiger partial charge < -0.3 is 14.2 Å².